The summed E-state index contributed by atoms with van der Waals surface area (Å²) < 4.78 is 25.3. The van der Waals surface area contributed by atoms with E-state index < -0.39 is 17.3 Å². The van der Waals surface area contributed by atoms with E-state index in [4.69, 9.17) is 0 Å². The Morgan fingerprint density at radius 2 is 1.88 bits per heavy atom. The summed E-state index contributed by atoms with van der Waals surface area (Å²) in [5.41, 5.74) is 2.56. The van der Waals surface area contributed by atoms with Crippen LogP contribution in [0.25, 0.3) is 0 Å². The van der Waals surface area contributed by atoms with Crippen LogP contribution in [0.1, 0.15) is 23.1 Å². The number of carbonyl (C=O) groups excluding carboxylic acids is 1. The molecule has 3 rings (SSSR count). The van der Waals surface area contributed by atoms with Crippen molar-refractivity contribution in [1.29, 1.82) is 0 Å². The second kappa shape index (κ2) is 6.60. The van der Waals surface area contributed by atoms with Crippen LogP contribution in [0.5, 0.6) is 0 Å². The Labute approximate surface area is 141 Å². The van der Waals surface area contributed by atoms with E-state index in [1.54, 1.807) is 24.3 Å². The highest BCUT2D eigenvalue weighted by Crippen LogP contribution is 2.27. The van der Waals surface area contributed by atoms with Gasteiger partial charge in [0.25, 0.3) is 0 Å². The number of aryl methyl sites for hydroxylation is 1. The quantitative estimate of drug-likeness (QED) is 0.626. The summed E-state index contributed by atoms with van der Waals surface area (Å²) in [7, 11) is -5.18. The molecule has 0 aromatic heterocycles. The van der Waals surface area contributed by atoms with Crippen LogP contribution < -0.4 is 5.46 Å². The minimum absolute atomic E-state index is 0.178. The zero-order valence-corrected chi connectivity index (χ0v) is 13.8. The lowest BCUT2D eigenvalue weighted by Gasteiger charge is -2.19. The second-order valence-corrected chi connectivity index (χ2v) is 8.01. The van der Waals surface area contributed by atoms with Gasteiger partial charge in [-0.2, -0.15) is 0 Å². The molecule has 1 aliphatic rings. The Morgan fingerprint density at radius 1 is 1.08 bits per heavy atom. The lowest BCUT2D eigenvalue weighted by atomic mass is 9.80. The van der Waals surface area contributed by atoms with Gasteiger partial charge in [0.05, 0.1) is 10.2 Å². The number of carbonyl (C=O) groups is 1. The third kappa shape index (κ3) is 3.65. The van der Waals surface area contributed by atoms with Crippen molar-refractivity contribution in [2.75, 3.05) is 0 Å². The molecule has 1 unspecified atom stereocenters. The molecule has 0 radical (unpaired) electrons. The highest BCUT2D eigenvalue weighted by molar-refractivity contribution is 7.96. The minimum atomic E-state index is -3.55. The summed E-state index contributed by atoms with van der Waals surface area (Å²) in [6.45, 7) is 0. The summed E-state index contributed by atoms with van der Waals surface area (Å²) in [4.78, 5) is 11.7. The van der Waals surface area contributed by atoms with Crippen LogP contribution >= 0.6 is 0 Å². The largest absolute Gasteiger partial charge is 0.610 e. The molecule has 0 saturated heterocycles. The summed E-state index contributed by atoms with van der Waals surface area (Å²) >= 11 is 0. The summed E-state index contributed by atoms with van der Waals surface area (Å²) in [5, 5.41) is 18.4. The average Bonchev–Trinajstić information content (AvgIpc) is 2.54. The van der Waals surface area contributed by atoms with Crippen LogP contribution in [-0.2, 0) is 37.8 Å². The van der Waals surface area contributed by atoms with Crippen LogP contribution in [0.3, 0.4) is 0 Å². The van der Waals surface area contributed by atoms with Crippen molar-refractivity contribution >= 4 is 28.6 Å². The second-order valence-electron chi connectivity index (χ2n) is 6.02. The summed E-state index contributed by atoms with van der Waals surface area (Å²) in [5.74, 6) is -0.0388. The highest BCUT2D eigenvalue weighted by Gasteiger charge is 2.24. The number of hydrogen-bond donors (Lipinski definition) is 2. The summed E-state index contributed by atoms with van der Waals surface area (Å²) in [6, 6.07) is 11.1. The Balaban J connectivity index is 1.87. The molecule has 0 bridgehead atoms. The van der Waals surface area contributed by atoms with E-state index in [0.29, 0.717) is 24.8 Å². The molecule has 7 heteroatoms. The van der Waals surface area contributed by atoms with E-state index in [2.05, 4.69) is 0 Å². The predicted molar refractivity (Wildman–Crippen MR) is 90.5 cm³/mol. The standard InChI is InChI=1S/C17H17BO5S/c19-16-6-4-14-10-17(7-5-13(14)9-16)24(22,23)11-12-2-1-3-15(8-12)18(20)21/h1-3,5,7-8,10,20-21H,4,6,9,11H2. The highest BCUT2D eigenvalue weighted by atomic mass is 32.3. The van der Waals surface area contributed by atoms with Gasteiger partial charge in [-0.25, -0.2) is 0 Å². The first-order valence-electron chi connectivity index (χ1n) is 7.66. The van der Waals surface area contributed by atoms with E-state index in [9.17, 15) is 23.6 Å². The van der Waals surface area contributed by atoms with Gasteiger partial charge in [-0.05, 0) is 35.1 Å². The van der Waals surface area contributed by atoms with E-state index >= 15 is 0 Å². The Kier molecular flexibility index (Phi) is 4.69. The van der Waals surface area contributed by atoms with Crippen molar-refractivity contribution in [2.24, 2.45) is 0 Å². The third-order valence-electron chi connectivity index (χ3n) is 4.20. The van der Waals surface area contributed by atoms with Gasteiger partial charge < -0.3 is 14.6 Å². The number of Topliss-reactive ketones (excluding diaryl/α,β-unsaturated/α-hetero) is 1. The van der Waals surface area contributed by atoms with Crippen LogP contribution in [0.15, 0.2) is 47.4 Å². The van der Waals surface area contributed by atoms with Crippen molar-refractivity contribution in [2.45, 2.75) is 29.9 Å². The first kappa shape index (κ1) is 17.0. The van der Waals surface area contributed by atoms with Crippen molar-refractivity contribution in [3.05, 3.63) is 59.2 Å². The van der Waals surface area contributed by atoms with Crippen LogP contribution in [0, 0.1) is 0 Å². The molecule has 2 aromatic carbocycles. The summed E-state index contributed by atoms with van der Waals surface area (Å²) in [6.07, 6.45) is 1.39. The average molecular weight is 344 g/mol. The first-order valence-corrected chi connectivity index (χ1v) is 9.31. The van der Waals surface area contributed by atoms with Crippen molar-refractivity contribution in [1.82, 2.24) is 0 Å². The molecule has 0 amide bonds. The van der Waals surface area contributed by atoms with Gasteiger partial charge in [0, 0.05) is 18.4 Å². The normalized spacial score (nSPS) is 16.4. The molecule has 1 atom stereocenters. The molecule has 0 heterocycles. The smallest absolute Gasteiger partial charge is 0.488 e. The molecule has 0 saturated carbocycles. The van der Waals surface area contributed by atoms with Crippen molar-refractivity contribution < 1.29 is 23.6 Å². The molecule has 1 aliphatic carbocycles. The fraction of sp³-hybridized carbons (Fsp3) is 0.235. The zero-order valence-electron chi connectivity index (χ0n) is 13.0. The van der Waals surface area contributed by atoms with Gasteiger partial charge >= 0.3 is 7.12 Å². The topological polar surface area (TPSA) is 97.7 Å². The first-order chi connectivity index (χ1) is 11.3. The Morgan fingerprint density at radius 3 is 2.62 bits per heavy atom. The molecular formula is C17H17BO5S. The SMILES string of the molecule is O=C1CCc2cc([S+](=O)([O-])Cc3cccc(B(O)O)c3)ccc2C1. The lowest BCUT2D eigenvalue weighted by Crippen LogP contribution is -2.30. The van der Waals surface area contributed by atoms with Gasteiger partial charge in [0.15, 0.2) is 4.90 Å². The van der Waals surface area contributed by atoms with Gasteiger partial charge in [-0.3, -0.25) is 4.79 Å². The molecule has 5 nitrogen and oxygen atoms in total. The molecule has 0 aliphatic heterocycles. The minimum Gasteiger partial charge on any atom is -0.610 e. The Bertz CT molecular complexity index is 833. The number of benzene rings is 2. The van der Waals surface area contributed by atoms with Crippen LogP contribution in [0.4, 0.5) is 0 Å². The predicted octanol–water partition coefficient (Wildman–Crippen LogP) is 0.613. The number of hydrogen-bond acceptors (Lipinski definition) is 5. The maximum Gasteiger partial charge on any atom is 0.488 e. The molecule has 2 N–H and O–H groups in total. The third-order valence-corrected chi connectivity index (χ3v) is 5.89. The van der Waals surface area contributed by atoms with Gasteiger partial charge in [0.1, 0.15) is 11.5 Å². The molecule has 0 spiro atoms. The van der Waals surface area contributed by atoms with Crippen molar-refractivity contribution in [3.8, 4) is 0 Å². The Hall–Kier alpha value is -1.80. The lowest BCUT2D eigenvalue weighted by molar-refractivity contribution is -0.118. The molecular weight excluding hydrogens is 327 g/mol. The van der Waals surface area contributed by atoms with Crippen LogP contribution in [-0.4, -0.2) is 27.5 Å². The van der Waals surface area contributed by atoms with Gasteiger partial charge in [-0.1, -0.05) is 30.3 Å². The molecule has 24 heavy (non-hydrogen) atoms. The number of fused-ring (bicyclic) bond motifs is 1. The molecule has 124 valence electrons. The van der Waals surface area contributed by atoms with Crippen molar-refractivity contribution in [3.63, 3.8) is 0 Å². The maximum atomic E-state index is 12.6. The van der Waals surface area contributed by atoms with E-state index in [1.165, 1.54) is 18.2 Å². The van der Waals surface area contributed by atoms with E-state index in [0.717, 1.165) is 11.1 Å². The fourth-order valence-electron chi connectivity index (χ4n) is 2.92. The number of sulfone groups is 1. The zero-order chi connectivity index (χ0) is 17.3. The van der Waals surface area contributed by atoms with E-state index in [-0.39, 0.29) is 21.9 Å². The van der Waals surface area contributed by atoms with Crippen LogP contribution in [0.2, 0.25) is 0 Å². The number of rotatable bonds is 4. The number of ketones is 1. The maximum absolute atomic E-state index is 12.6. The van der Waals surface area contributed by atoms with Gasteiger partial charge in [0.2, 0.25) is 0 Å². The fourth-order valence-corrected chi connectivity index (χ4v) is 4.30. The van der Waals surface area contributed by atoms with Gasteiger partial charge in [-0.15, -0.1) is 4.21 Å². The monoisotopic (exact) mass is 344 g/mol. The van der Waals surface area contributed by atoms with E-state index in [1.807, 2.05) is 0 Å². The molecule has 2 aromatic rings. The molecule has 0 fully saturated rings.